The van der Waals surface area contributed by atoms with Crippen molar-refractivity contribution in [1.82, 2.24) is 9.97 Å². The molecule has 0 atom stereocenters. The molecule has 1 fully saturated rings. The third kappa shape index (κ3) is 4.32. The highest BCUT2D eigenvalue weighted by Gasteiger charge is 2.27. The Morgan fingerprint density at radius 1 is 1.41 bits per heavy atom. The summed E-state index contributed by atoms with van der Waals surface area (Å²) in [6.07, 6.45) is 4.41. The minimum absolute atomic E-state index is 0.0359. The number of unbranched alkanes of at least 4 members (excludes halogenated alkanes) is 1. The molecule has 1 aliphatic rings. The van der Waals surface area contributed by atoms with Crippen LogP contribution in [0.5, 0.6) is 0 Å². The van der Waals surface area contributed by atoms with E-state index < -0.39 is 0 Å². The Hall–Kier alpha value is -1.85. The summed E-state index contributed by atoms with van der Waals surface area (Å²) in [5.74, 6) is 0.479. The van der Waals surface area contributed by atoms with Crippen molar-refractivity contribution >= 4 is 11.9 Å². The van der Waals surface area contributed by atoms with Gasteiger partial charge in [-0.25, -0.2) is 4.98 Å². The lowest BCUT2D eigenvalue weighted by atomic mass is 9.97. The number of anilines is 1. The SMILES string of the molecule is CCCCc1cc(=O)[nH]c(N2CCC(C(=O)OCC)CC2)n1. The number of H-pyrrole nitrogens is 1. The minimum Gasteiger partial charge on any atom is -0.466 e. The fraction of sp³-hybridized carbons (Fsp3) is 0.688. The minimum atomic E-state index is -0.111. The third-order valence-corrected chi connectivity index (χ3v) is 3.98. The lowest BCUT2D eigenvalue weighted by Crippen LogP contribution is -2.38. The van der Waals surface area contributed by atoms with Crippen molar-refractivity contribution in [2.24, 2.45) is 5.92 Å². The molecule has 0 amide bonds. The maximum absolute atomic E-state index is 11.8. The number of aryl methyl sites for hydroxylation is 1. The van der Waals surface area contributed by atoms with Crippen molar-refractivity contribution in [3.05, 3.63) is 22.1 Å². The summed E-state index contributed by atoms with van der Waals surface area (Å²) < 4.78 is 5.07. The molecule has 1 N–H and O–H groups in total. The Morgan fingerprint density at radius 3 is 2.77 bits per heavy atom. The van der Waals surface area contributed by atoms with Gasteiger partial charge >= 0.3 is 5.97 Å². The molecule has 0 radical (unpaired) electrons. The molecule has 0 spiro atoms. The van der Waals surface area contributed by atoms with Gasteiger partial charge in [0.1, 0.15) is 0 Å². The van der Waals surface area contributed by atoms with E-state index in [1.165, 1.54) is 0 Å². The van der Waals surface area contributed by atoms with Gasteiger partial charge in [0.2, 0.25) is 5.95 Å². The van der Waals surface area contributed by atoms with Crippen LogP contribution in [0.3, 0.4) is 0 Å². The molecule has 0 aromatic carbocycles. The Balaban J connectivity index is 2.00. The second kappa shape index (κ2) is 7.96. The lowest BCUT2D eigenvalue weighted by molar-refractivity contribution is -0.148. The zero-order valence-electron chi connectivity index (χ0n) is 13.4. The summed E-state index contributed by atoms with van der Waals surface area (Å²) in [6.45, 7) is 5.79. The molecule has 1 saturated heterocycles. The van der Waals surface area contributed by atoms with Crippen LogP contribution in [-0.2, 0) is 16.0 Å². The maximum atomic E-state index is 11.8. The molecule has 2 rings (SSSR count). The van der Waals surface area contributed by atoms with Crippen LogP contribution in [0.1, 0.15) is 45.2 Å². The van der Waals surface area contributed by atoms with Crippen molar-refractivity contribution in [3.63, 3.8) is 0 Å². The second-order valence-electron chi connectivity index (χ2n) is 5.68. The predicted octanol–water partition coefficient (Wildman–Crippen LogP) is 1.89. The second-order valence-corrected chi connectivity index (χ2v) is 5.68. The molecule has 1 aromatic rings. The van der Waals surface area contributed by atoms with E-state index in [4.69, 9.17) is 4.74 Å². The topological polar surface area (TPSA) is 75.3 Å². The van der Waals surface area contributed by atoms with Gasteiger partial charge in [-0.3, -0.25) is 14.6 Å². The number of nitrogens with one attached hydrogen (secondary N) is 1. The van der Waals surface area contributed by atoms with Gasteiger partial charge < -0.3 is 9.64 Å². The van der Waals surface area contributed by atoms with Crippen LogP contribution < -0.4 is 10.5 Å². The summed E-state index contributed by atoms with van der Waals surface area (Å²) in [6, 6.07) is 1.57. The Bertz CT molecular complexity index is 548. The molecular weight excluding hydrogens is 282 g/mol. The number of ether oxygens (including phenoxy) is 1. The average molecular weight is 307 g/mol. The molecule has 122 valence electrons. The maximum Gasteiger partial charge on any atom is 0.309 e. The van der Waals surface area contributed by atoms with Crippen LogP contribution in [0.25, 0.3) is 0 Å². The number of esters is 1. The molecular formula is C16H25N3O3. The van der Waals surface area contributed by atoms with Gasteiger partial charge in [-0.1, -0.05) is 13.3 Å². The van der Waals surface area contributed by atoms with E-state index in [1.54, 1.807) is 6.07 Å². The Kier molecular flexibility index (Phi) is 5.98. The van der Waals surface area contributed by atoms with E-state index in [-0.39, 0.29) is 17.4 Å². The van der Waals surface area contributed by atoms with Crippen molar-refractivity contribution in [3.8, 4) is 0 Å². The van der Waals surface area contributed by atoms with Gasteiger partial charge in [-0.2, -0.15) is 0 Å². The van der Waals surface area contributed by atoms with Crippen LogP contribution in [0.2, 0.25) is 0 Å². The highest BCUT2D eigenvalue weighted by molar-refractivity contribution is 5.72. The number of aromatic amines is 1. The van der Waals surface area contributed by atoms with E-state index in [0.29, 0.717) is 25.6 Å². The number of nitrogens with zero attached hydrogens (tertiary/aromatic N) is 2. The molecule has 6 heteroatoms. The zero-order valence-corrected chi connectivity index (χ0v) is 13.4. The molecule has 0 bridgehead atoms. The van der Waals surface area contributed by atoms with Gasteiger partial charge in [0.15, 0.2) is 0 Å². The summed E-state index contributed by atoms with van der Waals surface area (Å²) >= 11 is 0. The van der Waals surface area contributed by atoms with Gasteiger partial charge in [-0.05, 0) is 32.6 Å². The highest BCUT2D eigenvalue weighted by atomic mass is 16.5. The summed E-state index contributed by atoms with van der Waals surface area (Å²) in [5, 5.41) is 0. The fourth-order valence-electron chi connectivity index (χ4n) is 2.72. The summed E-state index contributed by atoms with van der Waals surface area (Å²) in [7, 11) is 0. The van der Waals surface area contributed by atoms with Crippen molar-refractivity contribution in [2.75, 3.05) is 24.6 Å². The first kappa shape index (κ1) is 16.5. The zero-order chi connectivity index (χ0) is 15.9. The number of rotatable bonds is 6. The van der Waals surface area contributed by atoms with Crippen LogP contribution >= 0.6 is 0 Å². The molecule has 0 aliphatic carbocycles. The normalized spacial score (nSPS) is 15.8. The molecule has 2 heterocycles. The molecule has 0 saturated carbocycles. The smallest absolute Gasteiger partial charge is 0.309 e. The number of carbonyl (C=O) groups excluding carboxylic acids is 1. The molecule has 22 heavy (non-hydrogen) atoms. The number of aromatic nitrogens is 2. The number of carbonyl (C=O) groups is 1. The Morgan fingerprint density at radius 2 is 2.14 bits per heavy atom. The third-order valence-electron chi connectivity index (χ3n) is 3.98. The van der Waals surface area contributed by atoms with E-state index in [9.17, 15) is 9.59 Å². The van der Waals surface area contributed by atoms with Crippen LogP contribution in [-0.4, -0.2) is 35.6 Å². The summed E-state index contributed by atoms with van der Waals surface area (Å²) in [5.41, 5.74) is 0.733. The van der Waals surface area contributed by atoms with Crippen LogP contribution in [0.4, 0.5) is 5.95 Å². The first-order chi connectivity index (χ1) is 10.6. The van der Waals surface area contributed by atoms with E-state index in [0.717, 1.165) is 37.8 Å². The lowest BCUT2D eigenvalue weighted by Gasteiger charge is -2.31. The van der Waals surface area contributed by atoms with Gasteiger partial charge in [0.25, 0.3) is 5.56 Å². The standard InChI is InChI=1S/C16H25N3O3/c1-3-5-6-13-11-14(20)18-16(17-13)19-9-7-12(8-10-19)15(21)22-4-2/h11-12H,3-10H2,1-2H3,(H,17,18,20). The molecule has 6 nitrogen and oxygen atoms in total. The fourth-order valence-corrected chi connectivity index (χ4v) is 2.72. The van der Waals surface area contributed by atoms with E-state index in [2.05, 4.69) is 16.9 Å². The largest absolute Gasteiger partial charge is 0.466 e. The average Bonchev–Trinajstić information content (AvgIpc) is 2.53. The summed E-state index contributed by atoms with van der Waals surface area (Å²) in [4.78, 5) is 32.9. The number of hydrogen-bond acceptors (Lipinski definition) is 5. The van der Waals surface area contributed by atoms with Gasteiger partial charge in [0.05, 0.1) is 12.5 Å². The first-order valence-electron chi connectivity index (χ1n) is 8.15. The molecule has 0 unspecified atom stereocenters. The number of piperidine rings is 1. The van der Waals surface area contributed by atoms with Crippen molar-refractivity contribution < 1.29 is 9.53 Å². The van der Waals surface area contributed by atoms with Gasteiger partial charge in [-0.15, -0.1) is 0 Å². The monoisotopic (exact) mass is 307 g/mol. The van der Waals surface area contributed by atoms with Crippen molar-refractivity contribution in [1.29, 1.82) is 0 Å². The van der Waals surface area contributed by atoms with Gasteiger partial charge in [0, 0.05) is 24.8 Å². The van der Waals surface area contributed by atoms with Crippen LogP contribution in [0.15, 0.2) is 10.9 Å². The first-order valence-corrected chi connectivity index (χ1v) is 8.15. The van der Waals surface area contributed by atoms with Crippen LogP contribution in [0, 0.1) is 5.92 Å². The van der Waals surface area contributed by atoms with Crippen molar-refractivity contribution in [2.45, 2.75) is 46.0 Å². The van der Waals surface area contributed by atoms with E-state index >= 15 is 0 Å². The molecule has 1 aromatic heterocycles. The van der Waals surface area contributed by atoms with E-state index in [1.807, 2.05) is 11.8 Å². The number of hydrogen-bond donors (Lipinski definition) is 1. The quantitative estimate of drug-likeness (QED) is 0.812. The predicted molar refractivity (Wildman–Crippen MR) is 85.0 cm³/mol. The Labute approximate surface area is 130 Å². The highest BCUT2D eigenvalue weighted by Crippen LogP contribution is 2.21. The molecule has 1 aliphatic heterocycles.